The molecule has 0 bridgehead atoms. The maximum absolute atomic E-state index is 9.69. The Bertz CT molecular complexity index is 958. The number of hydrogen-bond acceptors (Lipinski definition) is 6. The minimum absolute atomic E-state index is 0.159. The van der Waals surface area contributed by atoms with Crippen molar-refractivity contribution in [2.45, 2.75) is 58.1 Å². The zero-order chi connectivity index (χ0) is 25.3. The number of aliphatic hydroxyl groups is 1. The van der Waals surface area contributed by atoms with Crippen molar-refractivity contribution in [1.29, 1.82) is 0 Å². The predicted octanol–water partition coefficient (Wildman–Crippen LogP) is 4.26. The van der Waals surface area contributed by atoms with E-state index in [1.165, 1.54) is 42.6 Å². The quantitative estimate of drug-likeness (QED) is 0.429. The van der Waals surface area contributed by atoms with Crippen LogP contribution in [-0.4, -0.2) is 86.6 Å². The van der Waals surface area contributed by atoms with Gasteiger partial charge in [0.1, 0.15) is 11.5 Å². The molecule has 0 radical (unpaired) electrons. The molecule has 36 heavy (non-hydrogen) atoms. The molecule has 1 atom stereocenters. The lowest BCUT2D eigenvalue weighted by atomic mass is 9.95. The van der Waals surface area contributed by atoms with E-state index in [0.29, 0.717) is 12.6 Å². The van der Waals surface area contributed by atoms with Crippen LogP contribution in [0.2, 0.25) is 0 Å². The van der Waals surface area contributed by atoms with Crippen LogP contribution >= 0.6 is 0 Å². The molecule has 0 aromatic heterocycles. The molecule has 2 N–H and O–H groups in total. The van der Waals surface area contributed by atoms with E-state index in [0.717, 1.165) is 69.1 Å². The van der Waals surface area contributed by atoms with Crippen LogP contribution in [0, 0.1) is 13.8 Å². The molecule has 2 saturated heterocycles. The van der Waals surface area contributed by atoms with Gasteiger partial charge in [-0.05, 0) is 107 Å². The van der Waals surface area contributed by atoms with Gasteiger partial charge in [-0.15, -0.1) is 0 Å². The smallest absolute Gasteiger partial charge is 0.122 e. The molecule has 2 aromatic carbocycles. The summed E-state index contributed by atoms with van der Waals surface area (Å²) >= 11 is 0. The van der Waals surface area contributed by atoms with E-state index in [2.05, 4.69) is 72.4 Å². The molecule has 2 aliphatic rings. The number of ether oxygens (including phenoxy) is 2. The normalized spacial score (nSPS) is 19.6. The van der Waals surface area contributed by atoms with Crippen molar-refractivity contribution in [3.8, 4) is 22.6 Å². The molecule has 1 unspecified atom stereocenters. The molecule has 0 spiro atoms. The lowest BCUT2D eigenvalue weighted by Gasteiger charge is -2.29. The average Bonchev–Trinajstić information content (AvgIpc) is 3.30. The lowest BCUT2D eigenvalue weighted by molar-refractivity contribution is 0.173. The summed E-state index contributed by atoms with van der Waals surface area (Å²) in [5.74, 6) is 1.91. The SMILES string of the molecule is Cc1c(OCCCNC2CCN(C)CC2)cccc1-c1cccc(OCCCN2CCC(O)C2)c1C. The van der Waals surface area contributed by atoms with E-state index in [1.54, 1.807) is 0 Å². The Morgan fingerprint density at radius 1 is 0.861 bits per heavy atom. The molecule has 2 fully saturated rings. The number of likely N-dealkylation sites (tertiary alicyclic amines) is 2. The summed E-state index contributed by atoms with van der Waals surface area (Å²) in [6.07, 6.45) is 5.18. The minimum atomic E-state index is -0.159. The summed E-state index contributed by atoms with van der Waals surface area (Å²) in [4.78, 5) is 4.72. The number of β-amino-alcohol motifs (C(OH)–C–C–N with tert-alkyl or cyclic N) is 1. The molecule has 6 nitrogen and oxygen atoms in total. The summed E-state index contributed by atoms with van der Waals surface area (Å²) in [6, 6.07) is 13.3. The minimum Gasteiger partial charge on any atom is -0.493 e. The highest BCUT2D eigenvalue weighted by atomic mass is 16.5. The van der Waals surface area contributed by atoms with E-state index >= 15 is 0 Å². The molecule has 2 aliphatic heterocycles. The first-order chi connectivity index (χ1) is 17.5. The van der Waals surface area contributed by atoms with Crippen molar-refractivity contribution >= 4 is 0 Å². The largest absolute Gasteiger partial charge is 0.493 e. The van der Waals surface area contributed by atoms with Crippen molar-refractivity contribution < 1.29 is 14.6 Å². The van der Waals surface area contributed by atoms with Gasteiger partial charge >= 0.3 is 0 Å². The number of benzene rings is 2. The van der Waals surface area contributed by atoms with Gasteiger partial charge in [-0.2, -0.15) is 0 Å². The molecule has 0 aliphatic carbocycles. The second kappa shape index (κ2) is 13.4. The van der Waals surface area contributed by atoms with Gasteiger partial charge < -0.3 is 29.7 Å². The van der Waals surface area contributed by atoms with Crippen LogP contribution in [0.1, 0.15) is 43.2 Å². The maximum atomic E-state index is 9.69. The van der Waals surface area contributed by atoms with Crippen molar-refractivity contribution in [2.75, 3.05) is 59.5 Å². The van der Waals surface area contributed by atoms with Crippen LogP contribution in [0.25, 0.3) is 11.1 Å². The fourth-order valence-electron chi connectivity index (χ4n) is 5.38. The standard InChI is InChI=1S/C30H45N3O3/c1-23-27(8-4-10-29(23)35-20-6-15-31-25-12-17-32(3)18-13-25)28-9-5-11-30(24(28)2)36-21-7-16-33-19-14-26(34)22-33/h4-5,8-11,25-26,31,34H,6-7,12-22H2,1-3H3. The van der Waals surface area contributed by atoms with Crippen LogP contribution in [0.15, 0.2) is 36.4 Å². The van der Waals surface area contributed by atoms with Gasteiger partial charge in [0.25, 0.3) is 0 Å². The summed E-state index contributed by atoms with van der Waals surface area (Å²) in [5, 5.41) is 13.4. The molecule has 2 aromatic rings. The van der Waals surface area contributed by atoms with Crippen molar-refractivity contribution in [3.05, 3.63) is 47.5 Å². The van der Waals surface area contributed by atoms with Crippen LogP contribution in [0.5, 0.6) is 11.5 Å². The third kappa shape index (κ3) is 7.45. The van der Waals surface area contributed by atoms with Gasteiger partial charge in [-0.1, -0.05) is 24.3 Å². The molecule has 198 valence electrons. The monoisotopic (exact) mass is 495 g/mol. The van der Waals surface area contributed by atoms with Crippen molar-refractivity contribution in [3.63, 3.8) is 0 Å². The topological polar surface area (TPSA) is 57.2 Å². The zero-order valence-corrected chi connectivity index (χ0v) is 22.5. The van der Waals surface area contributed by atoms with Crippen molar-refractivity contribution in [1.82, 2.24) is 15.1 Å². The number of piperidine rings is 1. The molecule has 0 saturated carbocycles. The summed E-state index contributed by atoms with van der Waals surface area (Å²) in [6.45, 7) is 11.8. The highest BCUT2D eigenvalue weighted by Gasteiger charge is 2.19. The first kappa shape index (κ1) is 26.9. The van der Waals surface area contributed by atoms with Crippen LogP contribution < -0.4 is 14.8 Å². The van der Waals surface area contributed by atoms with Crippen molar-refractivity contribution in [2.24, 2.45) is 0 Å². The van der Waals surface area contributed by atoms with Gasteiger partial charge in [0.2, 0.25) is 0 Å². The van der Waals surface area contributed by atoms with Crippen LogP contribution in [0.4, 0.5) is 0 Å². The summed E-state index contributed by atoms with van der Waals surface area (Å²) in [7, 11) is 2.20. The Labute approximate surface area is 217 Å². The second-order valence-corrected chi connectivity index (χ2v) is 10.5. The highest BCUT2D eigenvalue weighted by Crippen LogP contribution is 2.35. The third-order valence-electron chi connectivity index (χ3n) is 7.71. The molecule has 2 heterocycles. The Morgan fingerprint density at radius 2 is 1.47 bits per heavy atom. The number of nitrogens with one attached hydrogen (secondary N) is 1. The average molecular weight is 496 g/mol. The Balaban J connectivity index is 1.27. The van der Waals surface area contributed by atoms with E-state index in [1.807, 2.05) is 0 Å². The van der Waals surface area contributed by atoms with E-state index in [4.69, 9.17) is 9.47 Å². The van der Waals surface area contributed by atoms with Crippen LogP contribution in [0.3, 0.4) is 0 Å². The Kier molecular flexibility index (Phi) is 10.0. The molecular formula is C30H45N3O3. The summed E-state index contributed by atoms with van der Waals surface area (Å²) in [5.41, 5.74) is 4.73. The molecule has 6 heteroatoms. The van der Waals surface area contributed by atoms with E-state index in [-0.39, 0.29) is 6.10 Å². The Hall–Kier alpha value is -2.12. The first-order valence-corrected chi connectivity index (χ1v) is 13.8. The molecule has 0 amide bonds. The fourth-order valence-corrected chi connectivity index (χ4v) is 5.38. The molecule has 4 rings (SSSR count). The maximum Gasteiger partial charge on any atom is 0.122 e. The van der Waals surface area contributed by atoms with Gasteiger partial charge in [-0.25, -0.2) is 0 Å². The lowest BCUT2D eigenvalue weighted by Crippen LogP contribution is -2.41. The van der Waals surface area contributed by atoms with Gasteiger partial charge in [0.05, 0.1) is 19.3 Å². The number of aliphatic hydroxyl groups excluding tert-OH is 1. The second-order valence-electron chi connectivity index (χ2n) is 10.5. The zero-order valence-electron chi connectivity index (χ0n) is 22.5. The van der Waals surface area contributed by atoms with E-state index in [9.17, 15) is 5.11 Å². The van der Waals surface area contributed by atoms with Gasteiger partial charge in [0.15, 0.2) is 0 Å². The first-order valence-electron chi connectivity index (χ1n) is 13.8. The number of rotatable bonds is 12. The van der Waals surface area contributed by atoms with Crippen LogP contribution in [-0.2, 0) is 0 Å². The number of nitrogens with zero attached hydrogens (tertiary/aromatic N) is 2. The number of hydrogen-bond donors (Lipinski definition) is 2. The van der Waals surface area contributed by atoms with Gasteiger partial charge in [-0.3, -0.25) is 0 Å². The predicted molar refractivity (Wildman–Crippen MR) is 147 cm³/mol. The van der Waals surface area contributed by atoms with Gasteiger partial charge in [0, 0.05) is 25.7 Å². The Morgan fingerprint density at radius 3 is 2.06 bits per heavy atom. The fraction of sp³-hybridized carbons (Fsp3) is 0.600. The van der Waals surface area contributed by atoms with E-state index < -0.39 is 0 Å². The molecular weight excluding hydrogens is 450 g/mol. The summed E-state index contributed by atoms with van der Waals surface area (Å²) < 4.78 is 12.4. The highest BCUT2D eigenvalue weighted by molar-refractivity contribution is 5.74. The third-order valence-corrected chi connectivity index (χ3v) is 7.71.